The summed E-state index contributed by atoms with van der Waals surface area (Å²) in [5.74, 6) is -0.759. The highest BCUT2D eigenvalue weighted by molar-refractivity contribution is 5.97. The monoisotopic (exact) mass is 409 g/mol. The van der Waals surface area contributed by atoms with Crippen LogP contribution in [-0.2, 0) is 13.2 Å². The Kier molecular flexibility index (Phi) is 5.61. The Morgan fingerprint density at radius 3 is 2.55 bits per heavy atom. The molecule has 8 heteroatoms. The normalized spacial score (nSPS) is 17.3. The van der Waals surface area contributed by atoms with Gasteiger partial charge >= 0.3 is 0 Å². The van der Waals surface area contributed by atoms with Gasteiger partial charge in [-0.2, -0.15) is 5.10 Å². The molecule has 2 fully saturated rings. The molecule has 0 unspecified atom stereocenters. The Bertz CT molecular complexity index is 888. The third-order valence-corrected chi connectivity index (χ3v) is 5.91. The minimum atomic E-state index is -2.99. The van der Waals surface area contributed by atoms with Crippen molar-refractivity contribution in [3.63, 3.8) is 0 Å². The van der Waals surface area contributed by atoms with E-state index in [2.05, 4.69) is 10.2 Å². The molecule has 156 valence electrons. The molecule has 2 aliphatic rings. The maximum absolute atomic E-state index is 14.0. The van der Waals surface area contributed by atoms with Crippen LogP contribution in [-0.4, -0.2) is 27.0 Å². The van der Waals surface area contributed by atoms with Gasteiger partial charge in [-0.15, -0.1) is 0 Å². The SMILES string of the molecule is O=C(c1c(C(F)F)n[nH]c1CF)N(Cc1cc(F)ccc1C1CCCC1)C1CC1. The van der Waals surface area contributed by atoms with Crippen molar-refractivity contribution in [2.75, 3.05) is 0 Å². The van der Waals surface area contributed by atoms with Crippen molar-refractivity contribution in [1.82, 2.24) is 15.1 Å². The molecule has 2 aromatic rings. The number of nitrogens with one attached hydrogen (secondary N) is 1. The number of carbonyl (C=O) groups is 1. The van der Waals surface area contributed by atoms with Crippen molar-refractivity contribution in [3.05, 3.63) is 52.1 Å². The van der Waals surface area contributed by atoms with Crippen molar-refractivity contribution < 1.29 is 22.4 Å². The minimum Gasteiger partial charge on any atom is -0.331 e. The van der Waals surface area contributed by atoms with E-state index < -0.39 is 36.1 Å². The Morgan fingerprint density at radius 1 is 1.21 bits per heavy atom. The van der Waals surface area contributed by atoms with Crippen LogP contribution in [0.25, 0.3) is 0 Å². The van der Waals surface area contributed by atoms with Gasteiger partial charge in [-0.3, -0.25) is 9.89 Å². The van der Waals surface area contributed by atoms with E-state index in [1.54, 1.807) is 6.07 Å². The summed E-state index contributed by atoms with van der Waals surface area (Å²) in [5.41, 5.74) is 0.332. The van der Waals surface area contributed by atoms with E-state index in [1.807, 2.05) is 0 Å². The molecule has 0 atom stereocenters. The van der Waals surface area contributed by atoms with Gasteiger partial charge in [-0.25, -0.2) is 17.6 Å². The molecule has 4 nitrogen and oxygen atoms in total. The fourth-order valence-electron chi connectivity index (χ4n) is 4.31. The second-order valence-electron chi connectivity index (χ2n) is 7.89. The van der Waals surface area contributed by atoms with E-state index in [1.165, 1.54) is 17.0 Å². The molecular weight excluding hydrogens is 386 g/mol. The first-order valence-corrected chi connectivity index (χ1v) is 10.00. The lowest BCUT2D eigenvalue weighted by molar-refractivity contribution is 0.0714. The molecule has 1 heterocycles. The van der Waals surface area contributed by atoms with Crippen LogP contribution in [0.3, 0.4) is 0 Å². The summed E-state index contributed by atoms with van der Waals surface area (Å²) in [7, 11) is 0. The molecule has 0 radical (unpaired) electrons. The van der Waals surface area contributed by atoms with Crippen LogP contribution in [0.1, 0.15) is 83.7 Å². The van der Waals surface area contributed by atoms with Crippen molar-refractivity contribution in [1.29, 1.82) is 0 Å². The number of hydrogen-bond acceptors (Lipinski definition) is 2. The van der Waals surface area contributed by atoms with Gasteiger partial charge in [0, 0.05) is 12.6 Å². The molecule has 1 aromatic heterocycles. The standard InChI is InChI=1S/C21H23F4N3O/c22-10-17-18(19(20(24)25)27-26-17)21(29)28(15-6-7-15)11-13-9-14(23)5-8-16(13)12-3-1-2-4-12/h5,8-9,12,15,20H,1-4,6-7,10-11H2,(H,26,27). The average molecular weight is 409 g/mol. The van der Waals surface area contributed by atoms with Gasteiger partial charge in [0.25, 0.3) is 12.3 Å². The maximum Gasteiger partial charge on any atom is 0.282 e. The van der Waals surface area contributed by atoms with Crippen molar-refractivity contribution in [3.8, 4) is 0 Å². The van der Waals surface area contributed by atoms with E-state index in [0.29, 0.717) is 11.5 Å². The number of alkyl halides is 3. The van der Waals surface area contributed by atoms with Gasteiger partial charge in [-0.1, -0.05) is 18.9 Å². The molecule has 1 N–H and O–H groups in total. The molecule has 2 saturated carbocycles. The predicted molar refractivity (Wildman–Crippen MR) is 98.9 cm³/mol. The first-order valence-electron chi connectivity index (χ1n) is 10.00. The highest BCUT2D eigenvalue weighted by atomic mass is 19.3. The number of hydrogen-bond donors (Lipinski definition) is 1. The van der Waals surface area contributed by atoms with Crippen molar-refractivity contribution in [2.45, 2.75) is 70.1 Å². The number of carbonyl (C=O) groups excluding carboxylic acids is 1. The molecule has 29 heavy (non-hydrogen) atoms. The largest absolute Gasteiger partial charge is 0.331 e. The van der Waals surface area contributed by atoms with E-state index in [-0.39, 0.29) is 18.3 Å². The molecule has 1 aromatic carbocycles. The van der Waals surface area contributed by atoms with Gasteiger partial charge in [-0.05, 0) is 54.9 Å². The van der Waals surface area contributed by atoms with E-state index >= 15 is 0 Å². The lowest BCUT2D eigenvalue weighted by Crippen LogP contribution is -2.34. The van der Waals surface area contributed by atoms with E-state index in [0.717, 1.165) is 44.1 Å². The van der Waals surface area contributed by atoms with Crippen molar-refractivity contribution >= 4 is 5.91 Å². The Morgan fingerprint density at radius 2 is 1.93 bits per heavy atom. The average Bonchev–Trinajstić information content (AvgIpc) is 3.21. The number of nitrogens with zero attached hydrogens (tertiary/aromatic N) is 2. The summed E-state index contributed by atoms with van der Waals surface area (Å²) in [6.45, 7) is -0.973. The number of halogens is 4. The zero-order valence-corrected chi connectivity index (χ0v) is 15.9. The first kappa shape index (κ1) is 19.9. The molecule has 4 rings (SSSR count). The van der Waals surface area contributed by atoms with E-state index in [9.17, 15) is 22.4 Å². The summed E-state index contributed by atoms with van der Waals surface area (Å²) in [4.78, 5) is 14.7. The number of aromatic amines is 1. The van der Waals surface area contributed by atoms with Gasteiger partial charge in [0.05, 0.1) is 11.3 Å². The topological polar surface area (TPSA) is 49.0 Å². The fraction of sp³-hybridized carbons (Fsp3) is 0.524. The smallest absolute Gasteiger partial charge is 0.282 e. The Balaban J connectivity index is 1.68. The van der Waals surface area contributed by atoms with E-state index in [4.69, 9.17) is 0 Å². The molecule has 2 aliphatic carbocycles. The second-order valence-corrected chi connectivity index (χ2v) is 7.89. The molecule has 0 aliphatic heterocycles. The third kappa shape index (κ3) is 4.02. The molecule has 0 saturated heterocycles. The molecule has 0 spiro atoms. The van der Waals surface area contributed by atoms with Crippen molar-refractivity contribution in [2.24, 2.45) is 0 Å². The van der Waals surface area contributed by atoms with Gasteiger partial charge in [0.15, 0.2) is 0 Å². The molecular formula is C21H23F4N3O. The summed E-state index contributed by atoms with van der Waals surface area (Å²) in [5, 5.41) is 5.67. The molecule has 1 amide bonds. The predicted octanol–water partition coefficient (Wildman–Crippen LogP) is 5.42. The number of rotatable bonds is 7. The summed E-state index contributed by atoms with van der Waals surface area (Å²) in [6, 6.07) is 4.50. The highest BCUT2D eigenvalue weighted by Crippen LogP contribution is 2.38. The highest BCUT2D eigenvalue weighted by Gasteiger charge is 2.37. The Labute approximate surface area is 166 Å². The third-order valence-electron chi connectivity index (χ3n) is 5.91. The number of aromatic nitrogens is 2. The number of benzene rings is 1. The van der Waals surface area contributed by atoms with Crippen LogP contribution in [0.2, 0.25) is 0 Å². The minimum absolute atomic E-state index is 0.116. The van der Waals surface area contributed by atoms with Gasteiger partial charge < -0.3 is 4.90 Å². The Hall–Kier alpha value is -2.38. The van der Waals surface area contributed by atoms with Gasteiger partial charge in [0.1, 0.15) is 18.2 Å². The van der Waals surface area contributed by atoms with Crippen LogP contribution in [0.5, 0.6) is 0 Å². The van der Waals surface area contributed by atoms with Crippen LogP contribution in [0.4, 0.5) is 17.6 Å². The summed E-state index contributed by atoms with van der Waals surface area (Å²) >= 11 is 0. The first-order chi connectivity index (χ1) is 14.0. The maximum atomic E-state index is 14.0. The second kappa shape index (κ2) is 8.16. The van der Waals surface area contributed by atoms with Crippen LogP contribution >= 0.6 is 0 Å². The number of H-pyrrole nitrogens is 1. The van der Waals surface area contributed by atoms with Crippen LogP contribution in [0, 0.1) is 5.82 Å². The number of amides is 1. The van der Waals surface area contributed by atoms with Crippen LogP contribution in [0.15, 0.2) is 18.2 Å². The summed E-state index contributed by atoms with van der Waals surface area (Å²) in [6.07, 6.45) is 2.74. The zero-order valence-electron chi connectivity index (χ0n) is 15.9. The summed E-state index contributed by atoms with van der Waals surface area (Å²) < 4.78 is 54.0. The zero-order chi connectivity index (χ0) is 20.5. The lowest BCUT2D eigenvalue weighted by atomic mass is 9.92. The fourth-order valence-corrected chi connectivity index (χ4v) is 4.31. The lowest BCUT2D eigenvalue weighted by Gasteiger charge is -2.25. The quantitative estimate of drug-likeness (QED) is 0.621. The molecule has 0 bridgehead atoms. The van der Waals surface area contributed by atoms with Gasteiger partial charge in [0.2, 0.25) is 0 Å². The van der Waals surface area contributed by atoms with Crippen LogP contribution < -0.4 is 0 Å².